The largest absolute Gasteiger partial charge is 0.445 e. The average molecular weight is 302 g/mol. The van der Waals surface area contributed by atoms with Gasteiger partial charge in [0.05, 0.1) is 0 Å². The molecule has 1 heterocycles. The van der Waals surface area contributed by atoms with Crippen molar-refractivity contribution in [3.05, 3.63) is 66.0 Å². The number of benzene rings is 1. The number of rotatable bonds is 6. The average Bonchev–Trinajstić information content (AvgIpc) is 2.58. The van der Waals surface area contributed by atoms with Gasteiger partial charge in [-0.05, 0) is 11.6 Å². The van der Waals surface area contributed by atoms with Crippen LogP contribution in [0.25, 0.3) is 0 Å². The first kappa shape index (κ1) is 15.9. The number of carbonyl (C=O) groups excluding carboxylic acids is 1. The Bertz CT molecular complexity index is 577. The van der Waals surface area contributed by atoms with E-state index in [2.05, 4.69) is 10.3 Å². The highest BCUT2D eigenvalue weighted by molar-refractivity contribution is 5.67. The van der Waals surface area contributed by atoms with E-state index in [0.29, 0.717) is 5.56 Å². The summed E-state index contributed by atoms with van der Waals surface area (Å²) in [7, 11) is 0. The molecule has 0 aliphatic carbocycles. The van der Waals surface area contributed by atoms with Gasteiger partial charge in [-0.15, -0.1) is 0 Å². The van der Waals surface area contributed by atoms with E-state index < -0.39 is 18.3 Å². The van der Waals surface area contributed by atoms with Gasteiger partial charge in [0, 0.05) is 24.5 Å². The van der Waals surface area contributed by atoms with E-state index in [9.17, 15) is 15.0 Å². The molecule has 0 saturated heterocycles. The maximum absolute atomic E-state index is 11.5. The molecular formula is C16H18N2O4. The summed E-state index contributed by atoms with van der Waals surface area (Å²) in [6.07, 6.45) is 0.113. The van der Waals surface area contributed by atoms with Crippen molar-refractivity contribution in [2.24, 2.45) is 0 Å². The van der Waals surface area contributed by atoms with Gasteiger partial charge in [0.1, 0.15) is 18.8 Å². The summed E-state index contributed by atoms with van der Waals surface area (Å²) in [5, 5.41) is 22.2. The van der Waals surface area contributed by atoms with E-state index in [0.717, 1.165) is 5.56 Å². The molecular weight excluding hydrogens is 284 g/mol. The Morgan fingerprint density at radius 2 is 1.95 bits per heavy atom. The second-order valence-corrected chi connectivity index (χ2v) is 4.74. The van der Waals surface area contributed by atoms with Crippen molar-refractivity contribution in [3.8, 4) is 0 Å². The lowest BCUT2D eigenvalue weighted by Crippen LogP contribution is -2.35. The summed E-state index contributed by atoms with van der Waals surface area (Å²) in [4.78, 5) is 15.4. The Morgan fingerprint density at radius 3 is 2.64 bits per heavy atom. The molecule has 22 heavy (non-hydrogen) atoms. The summed E-state index contributed by atoms with van der Waals surface area (Å²) in [5.74, 6) is 0. The Morgan fingerprint density at radius 1 is 1.18 bits per heavy atom. The normalized spacial score (nSPS) is 13.2. The highest BCUT2D eigenvalue weighted by Gasteiger charge is 2.19. The Labute approximate surface area is 128 Å². The quantitative estimate of drug-likeness (QED) is 0.750. The number of aromatic nitrogens is 1. The molecule has 2 unspecified atom stereocenters. The van der Waals surface area contributed by atoms with Crippen LogP contribution in [0.4, 0.5) is 4.79 Å². The van der Waals surface area contributed by atoms with Crippen molar-refractivity contribution >= 4 is 6.09 Å². The number of carbonyl (C=O) groups is 1. The first-order chi connectivity index (χ1) is 10.7. The van der Waals surface area contributed by atoms with Crippen LogP contribution in [0.3, 0.4) is 0 Å². The van der Waals surface area contributed by atoms with E-state index >= 15 is 0 Å². The van der Waals surface area contributed by atoms with Gasteiger partial charge >= 0.3 is 6.09 Å². The topological polar surface area (TPSA) is 91.7 Å². The lowest BCUT2D eigenvalue weighted by atomic mass is 10.1. The van der Waals surface area contributed by atoms with Crippen LogP contribution in [0, 0.1) is 0 Å². The molecule has 0 aliphatic rings. The second-order valence-electron chi connectivity index (χ2n) is 4.74. The summed E-state index contributed by atoms with van der Waals surface area (Å²) in [5.41, 5.74) is 1.35. The molecule has 0 saturated carbocycles. The first-order valence-electron chi connectivity index (χ1n) is 6.87. The predicted octanol–water partition coefficient (Wildman–Crippen LogP) is 1.40. The molecule has 1 amide bonds. The maximum Gasteiger partial charge on any atom is 0.407 e. The SMILES string of the molecule is O=C(NCC(O)C(O)c1cccnc1)OCc1ccccc1. The smallest absolute Gasteiger partial charge is 0.407 e. The zero-order chi connectivity index (χ0) is 15.8. The fourth-order valence-electron chi connectivity index (χ4n) is 1.85. The third-order valence-corrected chi connectivity index (χ3v) is 3.06. The maximum atomic E-state index is 11.5. The van der Waals surface area contributed by atoms with Gasteiger partial charge in [-0.2, -0.15) is 0 Å². The van der Waals surface area contributed by atoms with Crippen LogP contribution in [0.5, 0.6) is 0 Å². The van der Waals surface area contributed by atoms with Crippen LogP contribution in [0.2, 0.25) is 0 Å². The summed E-state index contributed by atoms with van der Waals surface area (Å²) in [6.45, 7) is 0.0254. The molecule has 0 fully saturated rings. The molecule has 2 atom stereocenters. The molecule has 0 aliphatic heterocycles. The van der Waals surface area contributed by atoms with Gasteiger partial charge in [0.25, 0.3) is 0 Å². The Kier molecular flexibility index (Phi) is 5.88. The van der Waals surface area contributed by atoms with E-state index in [1.54, 1.807) is 18.3 Å². The van der Waals surface area contributed by atoms with Gasteiger partial charge < -0.3 is 20.3 Å². The minimum atomic E-state index is -1.14. The predicted molar refractivity (Wildman–Crippen MR) is 79.8 cm³/mol. The lowest BCUT2D eigenvalue weighted by Gasteiger charge is -2.18. The number of hydrogen-bond donors (Lipinski definition) is 3. The summed E-state index contributed by atoms with van der Waals surface area (Å²) in [6, 6.07) is 12.6. The minimum absolute atomic E-state index is 0.121. The number of amides is 1. The zero-order valence-electron chi connectivity index (χ0n) is 11.9. The number of nitrogens with one attached hydrogen (secondary N) is 1. The van der Waals surface area contributed by atoms with Crippen molar-refractivity contribution in [1.29, 1.82) is 0 Å². The van der Waals surface area contributed by atoms with Crippen LogP contribution in [-0.2, 0) is 11.3 Å². The fourth-order valence-corrected chi connectivity index (χ4v) is 1.85. The third kappa shape index (κ3) is 4.83. The molecule has 1 aromatic heterocycles. The van der Waals surface area contributed by atoms with Crippen molar-refractivity contribution < 1.29 is 19.7 Å². The molecule has 1 aromatic carbocycles. The van der Waals surface area contributed by atoms with Crippen LogP contribution < -0.4 is 5.32 Å². The van der Waals surface area contributed by atoms with Crippen molar-refractivity contribution in [3.63, 3.8) is 0 Å². The van der Waals surface area contributed by atoms with Gasteiger partial charge in [-0.1, -0.05) is 36.4 Å². The third-order valence-electron chi connectivity index (χ3n) is 3.06. The van der Waals surface area contributed by atoms with Crippen molar-refractivity contribution in [2.75, 3.05) is 6.54 Å². The molecule has 2 rings (SSSR count). The Hall–Kier alpha value is -2.44. The van der Waals surface area contributed by atoms with Gasteiger partial charge in [0.15, 0.2) is 0 Å². The summed E-state index contributed by atoms with van der Waals surface area (Å²) < 4.78 is 5.01. The van der Waals surface area contributed by atoms with E-state index in [4.69, 9.17) is 4.74 Å². The highest BCUT2D eigenvalue weighted by atomic mass is 16.5. The number of alkyl carbamates (subject to hydrolysis) is 1. The number of nitrogens with zero attached hydrogens (tertiary/aromatic N) is 1. The molecule has 3 N–H and O–H groups in total. The van der Waals surface area contributed by atoms with E-state index in [-0.39, 0.29) is 13.2 Å². The summed E-state index contributed by atoms with van der Waals surface area (Å²) >= 11 is 0. The van der Waals surface area contributed by atoms with E-state index in [1.807, 2.05) is 30.3 Å². The van der Waals surface area contributed by atoms with Crippen LogP contribution in [-0.4, -0.2) is 33.9 Å². The minimum Gasteiger partial charge on any atom is -0.445 e. The number of aliphatic hydroxyl groups is 2. The number of pyridine rings is 1. The molecule has 6 nitrogen and oxygen atoms in total. The van der Waals surface area contributed by atoms with Gasteiger partial charge in [-0.3, -0.25) is 4.98 Å². The monoisotopic (exact) mass is 302 g/mol. The van der Waals surface area contributed by atoms with Gasteiger partial charge in [-0.25, -0.2) is 4.79 Å². The van der Waals surface area contributed by atoms with E-state index in [1.165, 1.54) is 6.20 Å². The lowest BCUT2D eigenvalue weighted by molar-refractivity contribution is 0.0182. The zero-order valence-corrected chi connectivity index (χ0v) is 11.9. The first-order valence-corrected chi connectivity index (χ1v) is 6.87. The molecule has 0 spiro atoms. The molecule has 0 radical (unpaired) electrons. The van der Waals surface area contributed by atoms with Crippen molar-refractivity contribution in [1.82, 2.24) is 10.3 Å². The highest BCUT2D eigenvalue weighted by Crippen LogP contribution is 2.14. The van der Waals surface area contributed by atoms with Crippen LogP contribution in [0.1, 0.15) is 17.2 Å². The van der Waals surface area contributed by atoms with Crippen molar-refractivity contribution in [2.45, 2.75) is 18.8 Å². The second kappa shape index (κ2) is 8.11. The van der Waals surface area contributed by atoms with Gasteiger partial charge in [0.2, 0.25) is 0 Å². The van der Waals surface area contributed by atoms with Crippen LogP contribution in [0.15, 0.2) is 54.9 Å². The molecule has 6 heteroatoms. The molecule has 116 valence electrons. The number of aliphatic hydroxyl groups excluding tert-OH is 2. The number of hydrogen-bond acceptors (Lipinski definition) is 5. The standard InChI is InChI=1S/C16H18N2O4/c19-14(15(20)13-7-4-8-17-9-13)10-18-16(21)22-11-12-5-2-1-3-6-12/h1-9,14-15,19-20H,10-11H2,(H,18,21). The molecule has 2 aromatic rings. The number of ether oxygens (including phenoxy) is 1. The van der Waals surface area contributed by atoms with Crippen LogP contribution >= 0.6 is 0 Å². The fraction of sp³-hybridized carbons (Fsp3) is 0.250. The molecule has 0 bridgehead atoms. The Balaban J connectivity index is 1.74.